The molecule has 0 spiro atoms. The predicted octanol–water partition coefficient (Wildman–Crippen LogP) is 3.23. The number of methoxy groups -OCH3 is 2. The summed E-state index contributed by atoms with van der Waals surface area (Å²) in [6.45, 7) is 0.801. The van der Waals surface area contributed by atoms with Gasteiger partial charge in [0, 0.05) is 12.7 Å². The molecule has 26 heavy (non-hydrogen) atoms. The van der Waals surface area contributed by atoms with Gasteiger partial charge in [-0.25, -0.2) is 0 Å². The van der Waals surface area contributed by atoms with Crippen molar-refractivity contribution in [2.75, 3.05) is 14.2 Å². The van der Waals surface area contributed by atoms with Crippen LogP contribution in [0.15, 0.2) is 51.6 Å². The minimum atomic E-state index is -0.285. The van der Waals surface area contributed by atoms with Crippen molar-refractivity contribution in [2.45, 2.75) is 13.1 Å². The SMILES string of the molecule is COc1ccc(CNC(=O)c2ccc(Cn3cc(Br)cn3)o2)cc1OC. The summed E-state index contributed by atoms with van der Waals surface area (Å²) < 4.78 is 18.7. The largest absolute Gasteiger partial charge is 0.493 e. The Hall–Kier alpha value is -2.74. The smallest absolute Gasteiger partial charge is 0.287 e. The van der Waals surface area contributed by atoms with Crippen LogP contribution in [0.5, 0.6) is 11.5 Å². The molecule has 3 aromatic rings. The number of nitrogens with one attached hydrogen (secondary N) is 1. The van der Waals surface area contributed by atoms with E-state index in [4.69, 9.17) is 13.9 Å². The van der Waals surface area contributed by atoms with Gasteiger partial charge in [0.1, 0.15) is 5.76 Å². The number of furan rings is 1. The van der Waals surface area contributed by atoms with Gasteiger partial charge in [-0.1, -0.05) is 6.07 Å². The van der Waals surface area contributed by atoms with Gasteiger partial charge in [-0.3, -0.25) is 9.48 Å². The average Bonchev–Trinajstić information content (AvgIpc) is 3.28. The van der Waals surface area contributed by atoms with Gasteiger partial charge in [0.2, 0.25) is 0 Å². The van der Waals surface area contributed by atoms with Crippen LogP contribution < -0.4 is 14.8 Å². The first-order valence-corrected chi connectivity index (χ1v) is 8.64. The van der Waals surface area contributed by atoms with Crippen LogP contribution in [0.1, 0.15) is 21.9 Å². The van der Waals surface area contributed by atoms with Crippen molar-refractivity contribution in [1.29, 1.82) is 0 Å². The van der Waals surface area contributed by atoms with E-state index < -0.39 is 0 Å². The Balaban J connectivity index is 1.60. The lowest BCUT2D eigenvalue weighted by atomic mass is 10.2. The van der Waals surface area contributed by atoms with Gasteiger partial charge >= 0.3 is 0 Å². The van der Waals surface area contributed by atoms with Crippen molar-refractivity contribution < 1.29 is 18.7 Å². The summed E-state index contributed by atoms with van der Waals surface area (Å²) in [5, 5.41) is 6.99. The Morgan fingerprint density at radius 1 is 1.23 bits per heavy atom. The third-order valence-corrected chi connectivity index (χ3v) is 4.12. The molecular weight excluding hydrogens is 402 g/mol. The Bertz CT molecular complexity index is 903. The minimum Gasteiger partial charge on any atom is -0.493 e. The fraction of sp³-hybridized carbons (Fsp3) is 0.222. The van der Waals surface area contributed by atoms with E-state index >= 15 is 0 Å². The molecule has 0 bridgehead atoms. The van der Waals surface area contributed by atoms with Gasteiger partial charge in [0.15, 0.2) is 17.3 Å². The molecule has 0 aliphatic rings. The van der Waals surface area contributed by atoms with Crippen molar-refractivity contribution in [1.82, 2.24) is 15.1 Å². The van der Waals surface area contributed by atoms with Crippen molar-refractivity contribution >= 4 is 21.8 Å². The number of benzene rings is 1. The molecule has 2 heterocycles. The van der Waals surface area contributed by atoms with Gasteiger partial charge < -0.3 is 19.2 Å². The molecule has 7 nitrogen and oxygen atoms in total. The van der Waals surface area contributed by atoms with E-state index in [1.807, 2.05) is 18.3 Å². The molecule has 0 fully saturated rings. The van der Waals surface area contributed by atoms with Crippen LogP contribution in [-0.2, 0) is 13.1 Å². The number of carbonyl (C=O) groups excluding carboxylic acids is 1. The standard InChI is InChI=1S/C18H18BrN3O4/c1-24-15-5-3-12(7-17(15)25-2)8-20-18(23)16-6-4-14(26-16)11-22-10-13(19)9-21-22/h3-7,9-10H,8,11H2,1-2H3,(H,20,23). The molecule has 0 unspecified atom stereocenters. The lowest BCUT2D eigenvalue weighted by Gasteiger charge is -2.10. The quantitative estimate of drug-likeness (QED) is 0.635. The number of ether oxygens (including phenoxy) is 2. The summed E-state index contributed by atoms with van der Waals surface area (Å²) in [6.07, 6.45) is 3.53. The van der Waals surface area contributed by atoms with Gasteiger partial charge in [0.05, 0.1) is 31.4 Å². The molecule has 1 N–H and O–H groups in total. The third-order valence-electron chi connectivity index (χ3n) is 3.71. The summed E-state index contributed by atoms with van der Waals surface area (Å²) in [7, 11) is 3.15. The zero-order chi connectivity index (χ0) is 18.5. The first kappa shape index (κ1) is 18.1. The van der Waals surface area contributed by atoms with Crippen LogP contribution in [-0.4, -0.2) is 29.9 Å². The first-order valence-electron chi connectivity index (χ1n) is 7.85. The number of nitrogens with zero attached hydrogens (tertiary/aromatic N) is 2. The van der Waals surface area contributed by atoms with E-state index in [-0.39, 0.29) is 11.7 Å². The maximum atomic E-state index is 12.3. The molecule has 0 aliphatic heterocycles. The maximum Gasteiger partial charge on any atom is 0.287 e. The van der Waals surface area contributed by atoms with Crippen LogP contribution in [0.4, 0.5) is 0 Å². The Labute approximate surface area is 159 Å². The molecule has 0 saturated heterocycles. The molecule has 2 aromatic heterocycles. The second-order valence-corrected chi connectivity index (χ2v) is 6.41. The fourth-order valence-corrected chi connectivity index (χ4v) is 2.76. The predicted molar refractivity (Wildman–Crippen MR) is 98.5 cm³/mol. The number of amides is 1. The van der Waals surface area contributed by atoms with Gasteiger partial charge in [0.25, 0.3) is 5.91 Å². The van der Waals surface area contributed by atoms with Crippen LogP contribution in [0.2, 0.25) is 0 Å². The van der Waals surface area contributed by atoms with Gasteiger partial charge in [-0.05, 0) is 45.8 Å². The van der Waals surface area contributed by atoms with Crippen LogP contribution >= 0.6 is 15.9 Å². The van der Waals surface area contributed by atoms with E-state index in [0.717, 1.165) is 10.0 Å². The lowest BCUT2D eigenvalue weighted by Crippen LogP contribution is -2.22. The summed E-state index contributed by atoms with van der Waals surface area (Å²) in [5.41, 5.74) is 0.893. The number of hydrogen-bond acceptors (Lipinski definition) is 5. The monoisotopic (exact) mass is 419 g/mol. The molecule has 0 radical (unpaired) electrons. The van der Waals surface area contributed by atoms with E-state index in [1.54, 1.807) is 43.3 Å². The molecule has 136 valence electrons. The molecular formula is C18H18BrN3O4. The van der Waals surface area contributed by atoms with Crippen molar-refractivity contribution in [3.63, 3.8) is 0 Å². The molecule has 8 heteroatoms. The fourth-order valence-electron chi connectivity index (χ4n) is 2.43. The highest BCUT2D eigenvalue weighted by molar-refractivity contribution is 9.10. The van der Waals surface area contributed by atoms with Crippen molar-refractivity contribution in [2.24, 2.45) is 0 Å². The zero-order valence-electron chi connectivity index (χ0n) is 14.4. The molecule has 0 atom stereocenters. The van der Waals surface area contributed by atoms with E-state index in [2.05, 4.69) is 26.3 Å². The number of carbonyl (C=O) groups is 1. The van der Waals surface area contributed by atoms with Gasteiger partial charge in [-0.15, -0.1) is 0 Å². The molecule has 1 aromatic carbocycles. The minimum absolute atomic E-state index is 0.256. The first-order chi connectivity index (χ1) is 12.6. The Morgan fingerprint density at radius 2 is 2.04 bits per heavy atom. The molecule has 3 rings (SSSR count). The highest BCUT2D eigenvalue weighted by Gasteiger charge is 2.12. The van der Waals surface area contributed by atoms with E-state index in [9.17, 15) is 4.79 Å². The lowest BCUT2D eigenvalue weighted by molar-refractivity contribution is 0.0921. The Morgan fingerprint density at radius 3 is 2.73 bits per heavy atom. The highest BCUT2D eigenvalue weighted by Crippen LogP contribution is 2.27. The van der Waals surface area contributed by atoms with Crippen molar-refractivity contribution in [3.05, 3.63) is 64.3 Å². The molecule has 0 saturated carbocycles. The van der Waals surface area contributed by atoms with Gasteiger partial charge in [-0.2, -0.15) is 5.10 Å². The van der Waals surface area contributed by atoms with E-state index in [1.165, 1.54) is 0 Å². The van der Waals surface area contributed by atoms with Crippen molar-refractivity contribution in [3.8, 4) is 11.5 Å². The zero-order valence-corrected chi connectivity index (χ0v) is 15.9. The van der Waals surface area contributed by atoms with Crippen LogP contribution in [0, 0.1) is 0 Å². The van der Waals surface area contributed by atoms with Crippen LogP contribution in [0.25, 0.3) is 0 Å². The van der Waals surface area contributed by atoms with Crippen LogP contribution in [0.3, 0.4) is 0 Å². The molecule has 0 aliphatic carbocycles. The second-order valence-electron chi connectivity index (χ2n) is 5.49. The van der Waals surface area contributed by atoms with E-state index in [0.29, 0.717) is 30.3 Å². The number of aromatic nitrogens is 2. The third kappa shape index (κ3) is 4.26. The second kappa shape index (κ2) is 8.09. The summed E-state index contributed by atoms with van der Waals surface area (Å²) in [4.78, 5) is 12.3. The number of rotatable bonds is 7. The molecule has 1 amide bonds. The summed E-state index contributed by atoms with van der Waals surface area (Å²) in [6, 6.07) is 8.90. The highest BCUT2D eigenvalue weighted by atomic mass is 79.9. The number of halogens is 1. The average molecular weight is 420 g/mol. The number of hydrogen-bond donors (Lipinski definition) is 1. The summed E-state index contributed by atoms with van der Waals surface area (Å²) >= 11 is 3.34. The topological polar surface area (TPSA) is 78.5 Å². The summed E-state index contributed by atoms with van der Waals surface area (Å²) in [5.74, 6) is 1.88. The maximum absolute atomic E-state index is 12.3. The Kier molecular flexibility index (Phi) is 5.62. The normalized spacial score (nSPS) is 10.6.